The second-order valence-corrected chi connectivity index (χ2v) is 9.02. The highest BCUT2D eigenvalue weighted by molar-refractivity contribution is 6.02. The lowest BCUT2D eigenvalue weighted by atomic mass is 9.71. The van der Waals surface area contributed by atoms with Crippen LogP contribution in [0.15, 0.2) is 24.4 Å². The summed E-state index contributed by atoms with van der Waals surface area (Å²) in [4.78, 5) is 21.0. The van der Waals surface area contributed by atoms with Crippen molar-refractivity contribution in [3.05, 3.63) is 41.3 Å². The van der Waals surface area contributed by atoms with Gasteiger partial charge in [0.1, 0.15) is 23.3 Å². The van der Waals surface area contributed by atoms with Gasteiger partial charge in [-0.3, -0.25) is 4.79 Å². The third-order valence-corrected chi connectivity index (χ3v) is 6.63. The van der Waals surface area contributed by atoms with Crippen molar-refractivity contribution in [1.29, 1.82) is 5.26 Å². The number of benzene rings is 1. The van der Waals surface area contributed by atoms with E-state index in [1.165, 1.54) is 18.3 Å². The molecule has 1 fully saturated rings. The summed E-state index contributed by atoms with van der Waals surface area (Å²) in [5.41, 5.74) is 1.27. The topological polar surface area (TPSA) is 123 Å². The standard InChI is InChI=1S/C23H27FN6O2/c1-23(2)18(4-3-5-19(23)31)29-20-13(11-25)12-27-22(30-20)26-9-8-16-15-7-6-14(24)10-17(15)28-21(16)32/h6-7,10,12,16,18-19,31H,3-5,8-9H2,1-2H3,(H,28,32)(H2,26,27,29,30). The molecule has 9 heteroatoms. The Hall–Kier alpha value is -3.25. The second-order valence-electron chi connectivity index (χ2n) is 9.02. The number of carbonyl (C=O) groups is 1. The zero-order chi connectivity index (χ0) is 22.9. The number of nitrogens with zero attached hydrogens (tertiary/aromatic N) is 3. The van der Waals surface area contributed by atoms with E-state index in [-0.39, 0.29) is 29.1 Å². The van der Waals surface area contributed by atoms with Crippen LogP contribution >= 0.6 is 0 Å². The minimum absolute atomic E-state index is 0.0276. The molecule has 1 aromatic carbocycles. The first-order valence-electron chi connectivity index (χ1n) is 10.9. The molecule has 4 rings (SSSR count). The summed E-state index contributed by atoms with van der Waals surface area (Å²) in [5, 5.41) is 29.0. The van der Waals surface area contributed by atoms with E-state index >= 15 is 0 Å². The molecule has 1 aliphatic carbocycles. The fourth-order valence-corrected chi connectivity index (χ4v) is 4.49. The van der Waals surface area contributed by atoms with Crippen LogP contribution in [0.5, 0.6) is 0 Å². The number of rotatable bonds is 6. The Morgan fingerprint density at radius 3 is 2.97 bits per heavy atom. The number of aliphatic hydroxyl groups is 1. The van der Waals surface area contributed by atoms with E-state index in [1.807, 2.05) is 13.8 Å². The molecule has 0 radical (unpaired) electrons. The first kappa shape index (κ1) is 22.0. The molecular formula is C23H27FN6O2. The summed E-state index contributed by atoms with van der Waals surface area (Å²) in [6.07, 6.45) is 4.06. The third-order valence-electron chi connectivity index (χ3n) is 6.63. The fraction of sp³-hybridized carbons (Fsp3) is 0.478. The number of amides is 1. The molecule has 2 aliphatic rings. The Morgan fingerprint density at radius 2 is 2.19 bits per heavy atom. The van der Waals surface area contributed by atoms with Gasteiger partial charge in [0.05, 0.1) is 18.2 Å². The van der Waals surface area contributed by atoms with Crippen LogP contribution < -0.4 is 16.0 Å². The molecule has 0 saturated heterocycles. The molecular weight excluding hydrogens is 411 g/mol. The highest BCUT2D eigenvalue weighted by Crippen LogP contribution is 2.38. The predicted molar refractivity (Wildman–Crippen MR) is 119 cm³/mol. The number of halogens is 1. The molecule has 2 heterocycles. The molecule has 1 saturated carbocycles. The van der Waals surface area contributed by atoms with Crippen LogP contribution in [-0.4, -0.2) is 39.7 Å². The Balaban J connectivity index is 1.43. The van der Waals surface area contributed by atoms with Crippen LogP contribution in [0.1, 0.15) is 56.6 Å². The number of anilines is 3. The van der Waals surface area contributed by atoms with Gasteiger partial charge in [-0.15, -0.1) is 0 Å². The first-order valence-corrected chi connectivity index (χ1v) is 10.9. The van der Waals surface area contributed by atoms with Gasteiger partial charge in [-0.2, -0.15) is 10.2 Å². The molecule has 0 spiro atoms. The van der Waals surface area contributed by atoms with Crippen molar-refractivity contribution in [1.82, 2.24) is 9.97 Å². The van der Waals surface area contributed by atoms with Crippen LogP contribution in [0.2, 0.25) is 0 Å². The molecule has 1 aromatic heterocycles. The molecule has 1 amide bonds. The molecule has 8 nitrogen and oxygen atoms in total. The van der Waals surface area contributed by atoms with Crippen molar-refractivity contribution in [3.8, 4) is 6.07 Å². The molecule has 32 heavy (non-hydrogen) atoms. The third kappa shape index (κ3) is 4.23. The maximum absolute atomic E-state index is 13.4. The van der Waals surface area contributed by atoms with Crippen molar-refractivity contribution in [2.24, 2.45) is 5.41 Å². The van der Waals surface area contributed by atoms with E-state index in [0.717, 1.165) is 24.8 Å². The minimum atomic E-state index is -0.423. The van der Waals surface area contributed by atoms with Crippen LogP contribution in [0.25, 0.3) is 0 Å². The monoisotopic (exact) mass is 438 g/mol. The molecule has 2 aromatic rings. The maximum Gasteiger partial charge on any atom is 0.232 e. The lowest BCUT2D eigenvalue weighted by Gasteiger charge is -2.43. The summed E-state index contributed by atoms with van der Waals surface area (Å²) in [5.74, 6) is -0.148. The number of carbonyl (C=O) groups excluding carboxylic acids is 1. The highest BCUT2D eigenvalue weighted by Gasteiger charge is 2.40. The van der Waals surface area contributed by atoms with Gasteiger partial charge in [-0.25, -0.2) is 9.37 Å². The van der Waals surface area contributed by atoms with Crippen LogP contribution in [0, 0.1) is 22.6 Å². The number of fused-ring (bicyclic) bond motifs is 1. The van der Waals surface area contributed by atoms with Gasteiger partial charge in [0, 0.05) is 23.7 Å². The van der Waals surface area contributed by atoms with Crippen LogP contribution in [-0.2, 0) is 4.79 Å². The quantitative estimate of drug-likeness (QED) is 0.545. The summed E-state index contributed by atoms with van der Waals surface area (Å²) in [7, 11) is 0. The van der Waals surface area contributed by atoms with Gasteiger partial charge in [0.25, 0.3) is 0 Å². The number of aromatic nitrogens is 2. The number of aliphatic hydroxyl groups excluding tert-OH is 1. The van der Waals surface area contributed by atoms with E-state index in [4.69, 9.17) is 0 Å². The summed E-state index contributed by atoms with van der Waals surface area (Å²) < 4.78 is 13.4. The Kier molecular flexibility index (Phi) is 5.98. The lowest BCUT2D eigenvalue weighted by Crippen LogP contribution is -2.48. The van der Waals surface area contributed by atoms with Crippen molar-refractivity contribution in [3.63, 3.8) is 0 Å². The zero-order valence-electron chi connectivity index (χ0n) is 18.2. The number of hydrogen-bond donors (Lipinski definition) is 4. The normalized spacial score (nSPS) is 23.7. The first-order chi connectivity index (χ1) is 15.3. The molecule has 4 N–H and O–H groups in total. The van der Waals surface area contributed by atoms with E-state index in [9.17, 15) is 19.6 Å². The van der Waals surface area contributed by atoms with E-state index in [1.54, 1.807) is 6.07 Å². The average molecular weight is 439 g/mol. The van der Waals surface area contributed by atoms with Crippen molar-refractivity contribution < 1.29 is 14.3 Å². The van der Waals surface area contributed by atoms with Crippen LogP contribution in [0.4, 0.5) is 21.8 Å². The van der Waals surface area contributed by atoms with E-state index in [0.29, 0.717) is 36.0 Å². The molecule has 1 aliphatic heterocycles. The number of nitrogens with one attached hydrogen (secondary N) is 3. The van der Waals surface area contributed by atoms with Gasteiger partial charge in [-0.1, -0.05) is 19.9 Å². The van der Waals surface area contributed by atoms with Crippen molar-refractivity contribution in [2.45, 2.75) is 57.6 Å². The second kappa shape index (κ2) is 8.71. The molecule has 3 atom stereocenters. The molecule has 3 unspecified atom stereocenters. The zero-order valence-corrected chi connectivity index (χ0v) is 18.2. The Labute approximate surface area is 186 Å². The van der Waals surface area contributed by atoms with Gasteiger partial charge in [-0.05, 0) is 43.4 Å². The number of hydrogen-bond acceptors (Lipinski definition) is 7. The summed E-state index contributed by atoms with van der Waals surface area (Å²) in [6, 6.07) is 6.39. The predicted octanol–water partition coefficient (Wildman–Crippen LogP) is 3.38. The van der Waals surface area contributed by atoms with E-state index < -0.39 is 6.10 Å². The van der Waals surface area contributed by atoms with Gasteiger partial charge in [0.2, 0.25) is 11.9 Å². The molecule has 0 bridgehead atoms. The summed E-state index contributed by atoms with van der Waals surface area (Å²) in [6.45, 7) is 4.45. The Morgan fingerprint density at radius 1 is 1.38 bits per heavy atom. The van der Waals surface area contributed by atoms with Crippen molar-refractivity contribution >= 4 is 23.4 Å². The smallest absolute Gasteiger partial charge is 0.232 e. The largest absolute Gasteiger partial charge is 0.392 e. The van der Waals surface area contributed by atoms with E-state index in [2.05, 4.69) is 32.0 Å². The van der Waals surface area contributed by atoms with Gasteiger partial charge >= 0.3 is 0 Å². The number of nitriles is 1. The Bertz CT molecular complexity index is 1070. The van der Waals surface area contributed by atoms with Crippen LogP contribution in [0.3, 0.4) is 0 Å². The average Bonchev–Trinajstić information content (AvgIpc) is 3.06. The van der Waals surface area contributed by atoms with Crippen molar-refractivity contribution in [2.75, 3.05) is 22.5 Å². The SMILES string of the molecule is CC1(C)C(O)CCCC1Nc1nc(NCCC2C(=O)Nc3cc(F)ccc32)ncc1C#N. The fourth-order valence-electron chi connectivity index (χ4n) is 4.49. The van der Waals surface area contributed by atoms with Gasteiger partial charge < -0.3 is 21.1 Å². The lowest BCUT2D eigenvalue weighted by molar-refractivity contribution is -0.117. The highest BCUT2D eigenvalue weighted by atomic mass is 19.1. The summed E-state index contributed by atoms with van der Waals surface area (Å²) >= 11 is 0. The minimum Gasteiger partial charge on any atom is -0.392 e. The molecule has 168 valence electrons. The maximum atomic E-state index is 13.4. The van der Waals surface area contributed by atoms with Gasteiger partial charge in [0.15, 0.2) is 0 Å².